The van der Waals surface area contributed by atoms with Crippen molar-refractivity contribution in [1.29, 1.82) is 5.26 Å². The highest BCUT2D eigenvalue weighted by molar-refractivity contribution is 14.1. The van der Waals surface area contributed by atoms with Crippen molar-refractivity contribution in [2.75, 3.05) is 6.61 Å². The lowest BCUT2D eigenvalue weighted by atomic mass is 10.0. The Bertz CT molecular complexity index is 1130. The molecule has 7 heteroatoms. The van der Waals surface area contributed by atoms with Crippen LogP contribution in [0.25, 0.3) is 11.6 Å². The van der Waals surface area contributed by atoms with Gasteiger partial charge in [-0.3, -0.25) is 10.1 Å². The van der Waals surface area contributed by atoms with Crippen LogP contribution >= 0.6 is 22.6 Å². The van der Waals surface area contributed by atoms with Gasteiger partial charge in [-0.05, 0) is 88.7 Å². The highest BCUT2D eigenvalue weighted by Crippen LogP contribution is 2.31. The number of ether oxygens (including phenoxy) is 2. The van der Waals surface area contributed by atoms with Gasteiger partial charge in [-0.15, -0.1) is 0 Å². The Kier molecular flexibility index (Phi) is 7.62. The zero-order chi connectivity index (χ0) is 22.2. The third-order valence-electron chi connectivity index (χ3n) is 4.40. The number of halogens is 1. The van der Waals surface area contributed by atoms with Gasteiger partial charge in [-0.2, -0.15) is 5.26 Å². The minimum absolute atomic E-state index is 0.0192. The van der Waals surface area contributed by atoms with Crippen molar-refractivity contribution in [3.8, 4) is 17.6 Å². The Hall–Kier alpha value is -3.38. The van der Waals surface area contributed by atoms with Gasteiger partial charge in [0, 0.05) is 15.7 Å². The molecule has 0 atom stereocenters. The van der Waals surface area contributed by atoms with Gasteiger partial charge in [0.15, 0.2) is 11.5 Å². The van der Waals surface area contributed by atoms with Crippen LogP contribution in [0.5, 0.6) is 11.5 Å². The second-order valence-corrected chi connectivity index (χ2v) is 7.77. The number of hydrogen-bond donors (Lipinski definition) is 0. The lowest BCUT2D eigenvalue weighted by Crippen LogP contribution is -2.00. The van der Waals surface area contributed by atoms with E-state index in [4.69, 9.17) is 9.47 Å². The molecule has 31 heavy (non-hydrogen) atoms. The number of non-ortho nitro benzene ring substituents is 1. The summed E-state index contributed by atoms with van der Waals surface area (Å²) in [5, 5.41) is 20.4. The molecule has 0 N–H and O–H groups in total. The van der Waals surface area contributed by atoms with E-state index in [1.54, 1.807) is 18.2 Å². The maximum Gasteiger partial charge on any atom is 0.269 e. The number of hydrogen-bond acceptors (Lipinski definition) is 5. The molecule has 0 saturated carbocycles. The van der Waals surface area contributed by atoms with E-state index in [2.05, 4.69) is 28.7 Å². The number of nitrogens with zero attached hydrogens (tertiary/aromatic N) is 2. The average Bonchev–Trinajstić information content (AvgIpc) is 2.78. The molecule has 0 aliphatic carbocycles. The largest absolute Gasteiger partial charge is 0.490 e. The van der Waals surface area contributed by atoms with Gasteiger partial charge in [-0.25, -0.2) is 0 Å². The third kappa shape index (κ3) is 6.06. The summed E-state index contributed by atoms with van der Waals surface area (Å²) in [5.41, 5.74) is 2.79. The number of rotatable bonds is 8. The third-order valence-corrected chi connectivity index (χ3v) is 5.11. The number of benzene rings is 3. The van der Waals surface area contributed by atoms with E-state index < -0.39 is 4.92 Å². The Morgan fingerprint density at radius 2 is 1.77 bits per heavy atom. The molecule has 156 valence electrons. The van der Waals surface area contributed by atoms with Crippen LogP contribution in [0.1, 0.15) is 23.6 Å². The molecule has 0 heterocycles. The zero-order valence-corrected chi connectivity index (χ0v) is 18.9. The summed E-state index contributed by atoms with van der Waals surface area (Å²) in [6, 6.07) is 21.6. The second kappa shape index (κ2) is 10.6. The number of nitriles is 1. The van der Waals surface area contributed by atoms with Crippen LogP contribution in [0.15, 0.2) is 66.7 Å². The number of nitro groups is 1. The van der Waals surface area contributed by atoms with Gasteiger partial charge in [0.2, 0.25) is 0 Å². The highest BCUT2D eigenvalue weighted by atomic mass is 127. The van der Waals surface area contributed by atoms with Crippen LogP contribution in [0, 0.1) is 25.0 Å². The summed E-state index contributed by atoms with van der Waals surface area (Å²) in [7, 11) is 0. The molecule has 3 rings (SSSR count). The Balaban J connectivity index is 1.83. The molecular weight excluding hydrogens is 507 g/mol. The summed E-state index contributed by atoms with van der Waals surface area (Å²) in [5.74, 6) is 1.20. The smallest absolute Gasteiger partial charge is 0.269 e. The average molecular weight is 526 g/mol. The summed E-state index contributed by atoms with van der Waals surface area (Å²) >= 11 is 2.26. The molecule has 3 aromatic rings. The maximum absolute atomic E-state index is 10.8. The summed E-state index contributed by atoms with van der Waals surface area (Å²) in [4.78, 5) is 10.4. The first-order chi connectivity index (χ1) is 15.0. The van der Waals surface area contributed by atoms with E-state index in [1.165, 1.54) is 12.1 Å². The zero-order valence-electron chi connectivity index (χ0n) is 16.7. The van der Waals surface area contributed by atoms with Crippen LogP contribution in [0.2, 0.25) is 0 Å². The summed E-state index contributed by atoms with van der Waals surface area (Å²) in [6.45, 7) is 2.78. The topological polar surface area (TPSA) is 85.4 Å². The molecule has 0 fully saturated rings. The minimum atomic E-state index is -0.469. The van der Waals surface area contributed by atoms with Crippen molar-refractivity contribution in [3.05, 3.63) is 97.1 Å². The van der Waals surface area contributed by atoms with E-state index in [9.17, 15) is 15.4 Å². The highest BCUT2D eigenvalue weighted by Gasteiger charge is 2.10. The van der Waals surface area contributed by atoms with Gasteiger partial charge >= 0.3 is 0 Å². The lowest BCUT2D eigenvalue weighted by molar-refractivity contribution is -0.384. The molecule has 0 unspecified atom stereocenters. The van der Waals surface area contributed by atoms with Crippen LogP contribution < -0.4 is 9.47 Å². The van der Waals surface area contributed by atoms with E-state index in [0.717, 1.165) is 14.7 Å². The Morgan fingerprint density at radius 1 is 1.06 bits per heavy atom. The molecule has 6 nitrogen and oxygen atoms in total. The normalized spacial score (nSPS) is 10.9. The molecule has 0 aliphatic rings. The van der Waals surface area contributed by atoms with Gasteiger partial charge in [0.1, 0.15) is 6.61 Å². The first-order valence-electron chi connectivity index (χ1n) is 9.51. The van der Waals surface area contributed by atoms with E-state index in [-0.39, 0.29) is 5.69 Å². The van der Waals surface area contributed by atoms with Crippen molar-refractivity contribution in [1.82, 2.24) is 0 Å². The fourth-order valence-electron chi connectivity index (χ4n) is 2.85. The van der Waals surface area contributed by atoms with Gasteiger partial charge in [0.25, 0.3) is 5.69 Å². The lowest BCUT2D eigenvalue weighted by Gasteiger charge is -2.13. The number of nitro benzene ring substituents is 1. The van der Waals surface area contributed by atoms with Crippen molar-refractivity contribution < 1.29 is 14.4 Å². The van der Waals surface area contributed by atoms with Crippen molar-refractivity contribution in [2.24, 2.45) is 0 Å². The van der Waals surface area contributed by atoms with Crippen molar-refractivity contribution in [2.45, 2.75) is 13.5 Å². The fourth-order valence-corrected chi connectivity index (χ4v) is 3.21. The van der Waals surface area contributed by atoms with Crippen LogP contribution in [-0.2, 0) is 6.61 Å². The first kappa shape index (κ1) is 22.3. The Morgan fingerprint density at radius 3 is 2.39 bits per heavy atom. The molecule has 0 aromatic heterocycles. The maximum atomic E-state index is 10.8. The van der Waals surface area contributed by atoms with Crippen LogP contribution in [0.3, 0.4) is 0 Å². The molecule has 0 radical (unpaired) electrons. The molecule has 0 saturated heterocycles. The van der Waals surface area contributed by atoms with E-state index >= 15 is 0 Å². The first-order valence-corrected chi connectivity index (χ1v) is 10.6. The molecule has 0 amide bonds. The number of allylic oxidation sites excluding steroid dienone is 1. The quantitative estimate of drug-likeness (QED) is 0.114. The predicted molar refractivity (Wildman–Crippen MR) is 128 cm³/mol. The Labute approximate surface area is 194 Å². The molecule has 3 aromatic carbocycles. The van der Waals surface area contributed by atoms with Crippen molar-refractivity contribution >= 4 is 39.9 Å². The van der Waals surface area contributed by atoms with Crippen LogP contribution in [0.4, 0.5) is 5.69 Å². The minimum Gasteiger partial charge on any atom is -0.490 e. The predicted octanol–water partition coefficient (Wildman–Crippen LogP) is 6.24. The molecule has 0 spiro atoms. The SMILES string of the molecule is CCOc1cc(/C=C(/C#N)c2ccc([N+](=O)[O-])cc2)ccc1OCc1ccc(I)cc1. The molecule has 0 bridgehead atoms. The summed E-state index contributed by atoms with van der Waals surface area (Å²) in [6.07, 6.45) is 1.71. The van der Waals surface area contributed by atoms with E-state index in [0.29, 0.717) is 35.8 Å². The second-order valence-electron chi connectivity index (χ2n) is 6.53. The van der Waals surface area contributed by atoms with Gasteiger partial charge in [-0.1, -0.05) is 18.2 Å². The fraction of sp³-hybridized carbons (Fsp3) is 0.125. The summed E-state index contributed by atoms with van der Waals surface area (Å²) < 4.78 is 12.8. The van der Waals surface area contributed by atoms with Gasteiger partial charge in [0.05, 0.1) is 23.2 Å². The van der Waals surface area contributed by atoms with Crippen LogP contribution in [-0.4, -0.2) is 11.5 Å². The van der Waals surface area contributed by atoms with E-state index in [1.807, 2.05) is 49.4 Å². The standard InChI is InChI=1S/C24H19IN2O4/c1-2-30-24-14-18(5-12-23(24)31-16-17-3-8-21(25)9-4-17)13-20(15-26)19-6-10-22(11-7-19)27(28)29/h3-14H,2,16H2,1H3/b20-13-. The molecular formula is C24H19IN2O4. The molecule has 0 aliphatic heterocycles. The van der Waals surface area contributed by atoms with Gasteiger partial charge < -0.3 is 9.47 Å². The monoisotopic (exact) mass is 526 g/mol. The van der Waals surface area contributed by atoms with Crippen molar-refractivity contribution in [3.63, 3.8) is 0 Å².